The van der Waals surface area contributed by atoms with Crippen molar-refractivity contribution in [2.75, 3.05) is 7.11 Å². The number of ether oxygens (including phenoxy) is 1. The van der Waals surface area contributed by atoms with Gasteiger partial charge in [-0.2, -0.15) is 0 Å². The molecule has 0 fully saturated rings. The van der Waals surface area contributed by atoms with Crippen LogP contribution < -0.4 is 5.56 Å². The van der Waals surface area contributed by atoms with E-state index in [9.17, 15) is 18.4 Å². The van der Waals surface area contributed by atoms with E-state index in [2.05, 4.69) is 9.72 Å². The number of H-pyrrole nitrogens is 1. The smallest absolute Gasteiger partial charge is 0.310 e. The normalized spacial score (nSPS) is 10.6. The molecular formula is C10H11F2NO3. The largest absolute Gasteiger partial charge is 0.469 e. The van der Waals surface area contributed by atoms with Gasteiger partial charge in [-0.1, -0.05) is 0 Å². The van der Waals surface area contributed by atoms with Crippen molar-refractivity contribution in [2.45, 2.75) is 19.8 Å². The van der Waals surface area contributed by atoms with Crippen LogP contribution in [-0.2, 0) is 16.0 Å². The molecule has 0 aliphatic carbocycles. The SMILES string of the molecule is COC(=O)Cc1c[nH]c(=O)c(C)c1C(F)F. The van der Waals surface area contributed by atoms with Crippen LogP contribution in [0.5, 0.6) is 0 Å². The Morgan fingerprint density at radius 1 is 1.56 bits per heavy atom. The van der Waals surface area contributed by atoms with Gasteiger partial charge >= 0.3 is 5.97 Å². The maximum absolute atomic E-state index is 12.7. The van der Waals surface area contributed by atoms with E-state index in [0.29, 0.717) is 0 Å². The van der Waals surface area contributed by atoms with E-state index in [1.54, 1.807) is 0 Å². The van der Waals surface area contributed by atoms with Crippen molar-refractivity contribution < 1.29 is 18.3 Å². The summed E-state index contributed by atoms with van der Waals surface area (Å²) in [6.45, 7) is 1.29. The average molecular weight is 231 g/mol. The Kier molecular flexibility index (Phi) is 3.76. The molecule has 1 heterocycles. The van der Waals surface area contributed by atoms with Crippen molar-refractivity contribution in [3.8, 4) is 0 Å². The Balaban J connectivity index is 3.23. The molecule has 0 aliphatic heterocycles. The second-order valence-corrected chi connectivity index (χ2v) is 3.24. The summed E-state index contributed by atoms with van der Waals surface area (Å²) < 4.78 is 29.8. The Hall–Kier alpha value is -1.72. The first-order valence-corrected chi connectivity index (χ1v) is 4.53. The van der Waals surface area contributed by atoms with E-state index in [0.717, 1.165) is 6.20 Å². The summed E-state index contributed by atoms with van der Waals surface area (Å²) in [6, 6.07) is 0. The fourth-order valence-electron chi connectivity index (χ4n) is 1.38. The van der Waals surface area contributed by atoms with Crippen LogP contribution in [0.4, 0.5) is 8.78 Å². The van der Waals surface area contributed by atoms with E-state index in [1.165, 1.54) is 14.0 Å². The van der Waals surface area contributed by atoms with E-state index in [-0.39, 0.29) is 17.5 Å². The predicted octanol–water partition coefficient (Wildman–Crippen LogP) is 1.34. The lowest BCUT2D eigenvalue weighted by atomic mass is 10.0. The van der Waals surface area contributed by atoms with Crippen molar-refractivity contribution in [2.24, 2.45) is 0 Å². The minimum atomic E-state index is -2.79. The number of methoxy groups -OCH3 is 1. The van der Waals surface area contributed by atoms with Crippen LogP contribution in [0.25, 0.3) is 0 Å². The molecule has 0 aromatic carbocycles. The predicted molar refractivity (Wildman–Crippen MR) is 52.5 cm³/mol. The Morgan fingerprint density at radius 2 is 2.19 bits per heavy atom. The van der Waals surface area contributed by atoms with Crippen LogP contribution >= 0.6 is 0 Å². The molecule has 0 amide bonds. The number of rotatable bonds is 3. The number of hydrogen-bond acceptors (Lipinski definition) is 3. The third-order valence-electron chi connectivity index (χ3n) is 2.25. The van der Waals surface area contributed by atoms with Crippen LogP contribution in [0.3, 0.4) is 0 Å². The second kappa shape index (κ2) is 4.87. The van der Waals surface area contributed by atoms with Gasteiger partial charge in [0.2, 0.25) is 0 Å². The number of alkyl halides is 2. The van der Waals surface area contributed by atoms with Crippen LogP contribution in [-0.4, -0.2) is 18.1 Å². The summed E-state index contributed by atoms with van der Waals surface area (Å²) in [6.07, 6.45) is -1.95. The molecule has 0 spiro atoms. The lowest BCUT2D eigenvalue weighted by Gasteiger charge is -2.09. The van der Waals surface area contributed by atoms with Gasteiger partial charge in [0.1, 0.15) is 0 Å². The van der Waals surface area contributed by atoms with Gasteiger partial charge in [-0.05, 0) is 12.5 Å². The second-order valence-electron chi connectivity index (χ2n) is 3.24. The van der Waals surface area contributed by atoms with Gasteiger partial charge in [-0.15, -0.1) is 0 Å². The summed E-state index contributed by atoms with van der Waals surface area (Å²) in [5.74, 6) is -0.631. The molecule has 88 valence electrons. The Bertz CT molecular complexity index is 454. The summed E-state index contributed by atoms with van der Waals surface area (Å²) in [4.78, 5) is 24.4. The van der Waals surface area contributed by atoms with Gasteiger partial charge in [0.25, 0.3) is 12.0 Å². The summed E-state index contributed by atoms with van der Waals surface area (Å²) >= 11 is 0. The number of nitrogens with one attached hydrogen (secondary N) is 1. The highest BCUT2D eigenvalue weighted by molar-refractivity contribution is 5.72. The molecule has 0 radical (unpaired) electrons. The molecule has 4 nitrogen and oxygen atoms in total. The maximum atomic E-state index is 12.7. The zero-order valence-electron chi connectivity index (χ0n) is 8.84. The molecule has 6 heteroatoms. The molecule has 1 rings (SSSR count). The van der Waals surface area contributed by atoms with Crippen molar-refractivity contribution in [3.05, 3.63) is 33.2 Å². The average Bonchev–Trinajstić information content (AvgIpc) is 2.23. The first-order valence-electron chi connectivity index (χ1n) is 4.53. The third kappa shape index (κ3) is 2.44. The van der Waals surface area contributed by atoms with Crippen LogP contribution in [0.15, 0.2) is 11.0 Å². The lowest BCUT2D eigenvalue weighted by molar-refractivity contribution is -0.139. The van der Waals surface area contributed by atoms with Crippen LogP contribution in [0.1, 0.15) is 23.1 Å². The zero-order chi connectivity index (χ0) is 12.3. The van der Waals surface area contributed by atoms with E-state index in [4.69, 9.17) is 0 Å². The third-order valence-corrected chi connectivity index (χ3v) is 2.25. The maximum Gasteiger partial charge on any atom is 0.310 e. The Labute approximate surface area is 90.2 Å². The van der Waals surface area contributed by atoms with E-state index < -0.39 is 23.5 Å². The fourth-order valence-corrected chi connectivity index (χ4v) is 1.38. The highest BCUT2D eigenvalue weighted by Gasteiger charge is 2.19. The molecule has 1 N–H and O–H groups in total. The van der Waals surface area contributed by atoms with Gasteiger partial charge in [0, 0.05) is 17.3 Å². The van der Waals surface area contributed by atoms with Crippen molar-refractivity contribution in [3.63, 3.8) is 0 Å². The van der Waals surface area contributed by atoms with Crippen molar-refractivity contribution >= 4 is 5.97 Å². The Morgan fingerprint density at radius 3 is 2.69 bits per heavy atom. The molecule has 1 aromatic rings. The number of aromatic amines is 1. The van der Waals surface area contributed by atoms with Gasteiger partial charge in [-0.3, -0.25) is 9.59 Å². The molecule has 16 heavy (non-hydrogen) atoms. The molecule has 0 saturated carbocycles. The fraction of sp³-hybridized carbons (Fsp3) is 0.400. The van der Waals surface area contributed by atoms with Crippen LogP contribution in [0.2, 0.25) is 0 Å². The first kappa shape index (κ1) is 12.4. The molecule has 0 unspecified atom stereocenters. The van der Waals surface area contributed by atoms with Crippen molar-refractivity contribution in [1.82, 2.24) is 4.98 Å². The number of hydrogen-bond donors (Lipinski definition) is 1. The summed E-state index contributed by atoms with van der Waals surface area (Å²) in [7, 11) is 1.17. The number of esters is 1. The number of carbonyl (C=O) groups excluding carboxylic acids is 1. The van der Waals surface area contributed by atoms with Crippen molar-refractivity contribution in [1.29, 1.82) is 0 Å². The topological polar surface area (TPSA) is 59.2 Å². The van der Waals surface area contributed by atoms with Gasteiger partial charge in [0.05, 0.1) is 13.5 Å². The van der Waals surface area contributed by atoms with Gasteiger partial charge < -0.3 is 9.72 Å². The minimum Gasteiger partial charge on any atom is -0.469 e. The van der Waals surface area contributed by atoms with Gasteiger partial charge in [-0.25, -0.2) is 8.78 Å². The number of carbonyl (C=O) groups is 1. The molecule has 0 bridgehead atoms. The molecule has 0 atom stereocenters. The summed E-state index contributed by atoms with van der Waals surface area (Å²) in [5, 5.41) is 0. The molecule has 1 aromatic heterocycles. The number of aromatic nitrogens is 1. The highest BCUT2D eigenvalue weighted by Crippen LogP contribution is 2.24. The summed E-state index contributed by atoms with van der Waals surface area (Å²) in [5.41, 5.74) is -0.964. The molecular weight excluding hydrogens is 220 g/mol. The quantitative estimate of drug-likeness (QED) is 0.798. The lowest BCUT2D eigenvalue weighted by Crippen LogP contribution is -2.17. The highest BCUT2D eigenvalue weighted by atomic mass is 19.3. The van der Waals surface area contributed by atoms with E-state index in [1.807, 2.05) is 0 Å². The molecule has 0 aliphatic rings. The first-order chi connectivity index (χ1) is 7.47. The molecule has 0 saturated heterocycles. The number of pyridine rings is 1. The van der Waals surface area contributed by atoms with E-state index >= 15 is 0 Å². The van der Waals surface area contributed by atoms with Gasteiger partial charge in [0.15, 0.2) is 0 Å². The zero-order valence-corrected chi connectivity index (χ0v) is 8.84. The monoisotopic (exact) mass is 231 g/mol. The minimum absolute atomic E-state index is 0.0728. The standard InChI is InChI=1S/C10H11F2NO3/c1-5-8(9(11)12)6(3-7(14)16-2)4-13-10(5)15/h4,9H,3H2,1-2H3,(H,13,15). The van der Waals surface area contributed by atoms with Crippen LogP contribution in [0, 0.1) is 6.92 Å². The number of halogens is 2.